The van der Waals surface area contributed by atoms with E-state index < -0.39 is 0 Å². The summed E-state index contributed by atoms with van der Waals surface area (Å²) in [6.45, 7) is 0.441. The SMILES string of the molecule is O=C1C=C[C@H](c2ccc(Br)cc2)CO1. The number of hydrogen-bond donors (Lipinski definition) is 0. The molecule has 0 aliphatic carbocycles. The third kappa shape index (κ3) is 2.04. The normalized spacial score (nSPS) is 20.6. The first-order valence-electron chi connectivity index (χ1n) is 4.36. The van der Waals surface area contributed by atoms with Gasteiger partial charge in [-0.3, -0.25) is 0 Å². The van der Waals surface area contributed by atoms with E-state index in [2.05, 4.69) is 15.9 Å². The Morgan fingerprint density at radius 3 is 2.57 bits per heavy atom. The summed E-state index contributed by atoms with van der Waals surface area (Å²) in [6.07, 6.45) is 3.37. The van der Waals surface area contributed by atoms with E-state index in [-0.39, 0.29) is 11.9 Å². The lowest BCUT2D eigenvalue weighted by atomic mass is 9.98. The van der Waals surface area contributed by atoms with Crippen molar-refractivity contribution in [2.24, 2.45) is 0 Å². The van der Waals surface area contributed by atoms with Crippen LogP contribution in [0.15, 0.2) is 40.9 Å². The van der Waals surface area contributed by atoms with E-state index in [0.29, 0.717) is 6.61 Å². The minimum Gasteiger partial charge on any atom is -0.462 e. The highest BCUT2D eigenvalue weighted by atomic mass is 79.9. The number of halogens is 1. The van der Waals surface area contributed by atoms with E-state index in [1.165, 1.54) is 6.08 Å². The molecule has 0 unspecified atom stereocenters. The molecule has 2 nitrogen and oxygen atoms in total. The van der Waals surface area contributed by atoms with Crippen LogP contribution >= 0.6 is 15.9 Å². The fourth-order valence-corrected chi connectivity index (χ4v) is 1.65. The maximum atomic E-state index is 10.8. The zero-order chi connectivity index (χ0) is 9.97. The van der Waals surface area contributed by atoms with Crippen LogP contribution in [0.4, 0.5) is 0 Å². The Labute approximate surface area is 90.7 Å². The first kappa shape index (κ1) is 9.46. The van der Waals surface area contributed by atoms with Gasteiger partial charge in [0.25, 0.3) is 0 Å². The van der Waals surface area contributed by atoms with Crippen molar-refractivity contribution in [3.63, 3.8) is 0 Å². The monoisotopic (exact) mass is 252 g/mol. The van der Waals surface area contributed by atoms with Crippen LogP contribution in [0.1, 0.15) is 11.5 Å². The topological polar surface area (TPSA) is 26.3 Å². The molecule has 0 saturated heterocycles. The standard InChI is InChI=1S/C11H9BrO2/c12-10-4-1-8(2-5-10)9-3-6-11(13)14-7-9/h1-6,9H,7H2/t9-/m0/s1. The molecule has 3 heteroatoms. The lowest BCUT2D eigenvalue weighted by Crippen LogP contribution is -2.14. The number of cyclic esters (lactones) is 1. The summed E-state index contributed by atoms with van der Waals surface area (Å²) < 4.78 is 5.99. The molecular weight excluding hydrogens is 244 g/mol. The van der Waals surface area contributed by atoms with Crippen molar-refractivity contribution >= 4 is 21.9 Å². The van der Waals surface area contributed by atoms with Crippen LogP contribution in [-0.2, 0) is 9.53 Å². The summed E-state index contributed by atoms with van der Waals surface area (Å²) in [4.78, 5) is 10.8. The lowest BCUT2D eigenvalue weighted by Gasteiger charge is -2.16. The van der Waals surface area contributed by atoms with Crippen LogP contribution in [0.25, 0.3) is 0 Å². The first-order chi connectivity index (χ1) is 6.75. The molecule has 1 atom stereocenters. The Morgan fingerprint density at radius 2 is 2.00 bits per heavy atom. The highest BCUT2D eigenvalue weighted by molar-refractivity contribution is 9.10. The van der Waals surface area contributed by atoms with E-state index in [9.17, 15) is 4.79 Å². The predicted molar refractivity (Wildman–Crippen MR) is 57.0 cm³/mol. The Hall–Kier alpha value is -1.09. The largest absolute Gasteiger partial charge is 0.462 e. The number of esters is 1. The Morgan fingerprint density at radius 1 is 1.29 bits per heavy atom. The fourth-order valence-electron chi connectivity index (χ4n) is 1.39. The summed E-state index contributed by atoms with van der Waals surface area (Å²) >= 11 is 3.38. The van der Waals surface area contributed by atoms with Crippen LogP contribution < -0.4 is 0 Å². The Kier molecular flexibility index (Phi) is 2.68. The molecule has 1 aliphatic rings. The minimum atomic E-state index is -0.252. The number of carbonyl (C=O) groups excluding carboxylic acids is 1. The Bertz CT molecular complexity index is 367. The molecule has 0 saturated carbocycles. The molecule has 2 rings (SSSR count). The summed E-state index contributed by atoms with van der Waals surface area (Å²) in [5, 5.41) is 0. The second kappa shape index (κ2) is 3.96. The van der Waals surface area contributed by atoms with Gasteiger partial charge in [0.05, 0.1) is 0 Å². The second-order valence-corrected chi connectivity index (χ2v) is 4.06. The van der Waals surface area contributed by atoms with Crippen LogP contribution in [0.2, 0.25) is 0 Å². The molecule has 0 aromatic heterocycles. The van der Waals surface area contributed by atoms with Crippen molar-refractivity contribution in [3.8, 4) is 0 Å². The van der Waals surface area contributed by atoms with Gasteiger partial charge in [-0.15, -0.1) is 0 Å². The van der Waals surface area contributed by atoms with Crippen LogP contribution in [0, 0.1) is 0 Å². The van der Waals surface area contributed by atoms with Crippen LogP contribution in [0.3, 0.4) is 0 Å². The van der Waals surface area contributed by atoms with Crippen LogP contribution in [0.5, 0.6) is 0 Å². The molecule has 1 aliphatic heterocycles. The zero-order valence-corrected chi connectivity index (χ0v) is 9.03. The summed E-state index contributed by atoms with van der Waals surface area (Å²) in [5.74, 6) is -0.0563. The van der Waals surface area contributed by atoms with E-state index >= 15 is 0 Å². The minimum absolute atomic E-state index is 0.195. The third-order valence-electron chi connectivity index (χ3n) is 2.17. The molecular formula is C11H9BrO2. The van der Waals surface area contributed by atoms with Gasteiger partial charge < -0.3 is 4.74 Å². The van der Waals surface area contributed by atoms with Gasteiger partial charge in [0.1, 0.15) is 6.61 Å². The third-order valence-corrected chi connectivity index (χ3v) is 2.70. The summed E-state index contributed by atoms with van der Waals surface area (Å²) in [5.41, 5.74) is 1.16. The average molecular weight is 253 g/mol. The highest BCUT2D eigenvalue weighted by Gasteiger charge is 2.15. The van der Waals surface area contributed by atoms with Crippen molar-refractivity contribution in [1.82, 2.24) is 0 Å². The average Bonchev–Trinajstić information content (AvgIpc) is 2.21. The van der Waals surface area contributed by atoms with Crippen molar-refractivity contribution < 1.29 is 9.53 Å². The second-order valence-electron chi connectivity index (χ2n) is 3.15. The van der Waals surface area contributed by atoms with Gasteiger partial charge in [-0.05, 0) is 17.7 Å². The quantitative estimate of drug-likeness (QED) is 0.719. The molecule has 1 aromatic rings. The molecule has 72 valence electrons. The molecule has 0 fully saturated rings. The maximum absolute atomic E-state index is 10.8. The molecule has 1 aromatic carbocycles. The summed E-state index contributed by atoms with van der Waals surface area (Å²) in [7, 11) is 0. The van der Waals surface area contributed by atoms with Crippen molar-refractivity contribution in [2.75, 3.05) is 6.61 Å². The van der Waals surface area contributed by atoms with Crippen molar-refractivity contribution in [1.29, 1.82) is 0 Å². The van der Waals surface area contributed by atoms with Gasteiger partial charge >= 0.3 is 5.97 Å². The van der Waals surface area contributed by atoms with E-state index in [0.717, 1.165) is 10.0 Å². The maximum Gasteiger partial charge on any atom is 0.330 e. The Balaban J connectivity index is 2.20. The molecule has 1 heterocycles. The number of carbonyl (C=O) groups is 1. The van der Waals surface area contributed by atoms with Gasteiger partial charge in [0, 0.05) is 16.5 Å². The number of hydrogen-bond acceptors (Lipinski definition) is 2. The molecule has 14 heavy (non-hydrogen) atoms. The van der Waals surface area contributed by atoms with Gasteiger partial charge in [-0.1, -0.05) is 34.1 Å². The number of rotatable bonds is 1. The molecule has 0 amide bonds. The van der Waals surface area contributed by atoms with Crippen molar-refractivity contribution in [3.05, 3.63) is 46.5 Å². The fraction of sp³-hybridized carbons (Fsp3) is 0.182. The zero-order valence-electron chi connectivity index (χ0n) is 7.44. The summed E-state index contributed by atoms with van der Waals surface area (Å²) in [6, 6.07) is 8.02. The van der Waals surface area contributed by atoms with Gasteiger partial charge in [0.2, 0.25) is 0 Å². The molecule has 0 spiro atoms. The lowest BCUT2D eigenvalue weighted by molar-refractivity contribution is -0.138. The molecule has 0 bridgehead atoms. The smallest absolute Gasteiger partial charge is 0.330 e. The highest BCUT2D eigenvalue weighted by Crippen LogP contribution is 2.22. The van der Waals surface area contributed by atoms with E-state index in [1.54, 1.807) is 0 Å². The van der Waals surface area contributed by atoms with Gasteiger partial charge in [-0.2, -0.15) is 0 Å². The van der Waals surface area contributed by atoms with E-state index in [4.69, 9.17) is 4.74 Å². The van der Waals surface area contributed by atoms with Crippen LogP contribution in [-0.4, -0.2) is 12.6 Å². The number of benzene rings is 1. The predicted octanol–water partition coefficient (Wildman–Crippen LogP) is 2.65. The first-order valence-corrected chi connectivity index (χ1v) is 5.15. The van der Waals surface area contributed by atoms with Gasteiger partial charge in [-0.25, -0.2) is 4.79 Å². The van der Waals surface area contributed by atoms with Crippen molar-refractivity contribution in [2.45, 2.75) is 5.92 Å². The molecule has 0 radical (unpaired) electrons. The van der Waals surface area contributed by atoms with Gasteiger partial charge in [0.15, 0.2) is 0 Å². The van der Waals surface area contributed by atoms with E-state index in [1.807, 2.05) is 30.3 Å². The molecule has 0 N–H and O–H groups in total. The number of ether oxygens (including phenoxy) is 1.